The lowest BCUT2D eigenvalue weighted by Crippen LogP contribution is -2.26. The van der Waals surface area contributed by atoms with Crippen LogP contribution in [0.1, 0.15) is 38.9 Å². The fourth-order valence-corrected chi connectivity index (χ4v) is 3.16. The van der Waals surface area contributed by atoms with Gasteiger partial charge in [0.2, 0.25) is 0 Å². The van der Waals surface area contributed by atoms with Crippen molar-refractivity contribution in [3.8, 4) is 0 Å². The first-order valence-electron chi connectivity index (χ1n) is 6.18. The van der Waals surface area contributed by atoms with E-state index in [4.69, 9.17) is 5.73 Å². The van der Waals surface area contributed by atoms with E-state index in [-0.39, 0.29) is 11.9 Å². The summed E-state index contributed by atoms with van der Waals surface area (Å²) in [5.41, 5.74) is 7.86. The minimum Gasteiger partial charge on any atom is -0.398 e. The van der Waals surface area contributed by atoms with Gasteiger partial charge in [0.25, 0.3) is 5.91 Å². The molecule has 0 aliphatic carbocycles. The number of thiazole rings is 1. The molecule has 0 radical (unpaired) electrons. The Morgan fingerprint density at radius 3 is 2.70 bits per heavy atom. The molecule has 6 heteroatoms. The highest BCUT2D eigenvalue weighted by Gasteiger charge is 2.16. The van der Waals surface area contributed by atoms with E-state index in [0.29, 0.717) is 11.3 Å². The monoisotopic (exact) mass is 353 g/mol. The zero-order valence-electron chi connectivity index (χ0n) is 11.5. The Balaban J connectivity index is 2.15. The van der Waals surface area contributed by atoms with Crippen molar-refractivity contribution >= 4 is 38.9 Å². The molecule has 1 atom stereocenters. The molecule has 1 amide bonds. The first-order valence-corrected chi connectivity index (χ1v) is 7.79. The number of aromatic nitrogens is 1. The summed E-state index contributed by atoms with van der Waals surface area (Å²) in [5, 5.41) is 3.98. The summed E-state index contributed by atoms with van der Waals surface area (Å²) in [7, 11) is 0. The third-order valence-corrected chi connectivity index (χ3v) is 4.92. The van der Waals surface area contributed by atoms with Crippen LogP contribution >= 0.6 is 27.3 Å². The zero-order valence-corrected chi connectivity index (χ0v) is 13.9. The van der Waals surface area contributed by atoms with Crippen molar-refractivity contribution in [2.75, 3.05) is 5.73 Å². The number of nitrogen functional groups attached to an aromatic ring is 1. The van der Waals surface area contributed by atoms with Crippen molar-refractivity contribution < 1.29 is 4.79 Å². The molecule has 1 aromatic carbocycles. The van der Waals surface area contributed by atoms with E-state index < -0.39 is 0 Å². The second-order valence-corrected chi connectivity index (χ2v) is 6.70. The smallest absolute Gasteiger partial charge is 0.251 e. The quantitative estimate of drug-likeness (QED) is 0.828. The van der Waals surface area contributed by atoms with E-state index in [2.05, 4.69) is 26.2 Å². The molecule has 4 nitrogen and oxygen atoms in total. The molecular formula is C14H16BrN3OS. The first-order chi connectivity index (χ1) is 9.38. The van der Waals surface area contributed by atoms with Crippen LogP contribution in [0.4, 0.5) is 5.69 Å². The van der Waals surface area contributed by atoms with E-state index in [9.17, 15) is 4.79 Å². The van der Waals surface area contributed by atoms with Gasteiger partial charge in [0.05, 0.1) is 16.7 Å². The Morgan fingerprint density at radius 1 is 1.45 bits per heavy atom. The summed E-state index contributed by atoms with van der Waals surface area (Å²) in [4.78, 5) is 17.7. The van der Waals surface area contributed by atoms with E-state index >= 15 is 0 Å². The molecule has 2 rings (SSSR count). The molecule has 1 aromatic heterocycles. The topological polar surface area (TPSA) is 68.0 Å². The van der Waals surface area contributed by atoms with E-state index in [1.54, 1.807) is 29.5 Å². The number of anilines is 1. The van der Waals surface area contributed by atoms with Crippen LogP contribution in [0.15, 0.2) is 22.7 Å². The zero-order chi connectivity index (χ0) is 14.9. The third kappa shape index (κ3) is 3.19. The molecule has 106 valence electrons. The molecule has 0 saturated heterocycles. The summed E-state index contributed by atoms with van der Waals surface area (Å²) in [6.45, 7) is 5.88. The minimum atomic E-state index is -0.137. The fourth-order valence-electron chi connectivity index (χ4n) is 1.98. The molecule has 0 spiro atoms. The van der Waals surface area contributed by atoms with Gasteiger partial charge in [-0.2, -0.15) is 0 Å². The number of carbonyl (C=O) groups is 1. The van der Waals surface area contributed by atoms with Gasteiger partial charge >= 0.3 is 0 Å². The number of hydrogen-bond donors (Lipinski definition) is 2. The maximum Gasteiger partial charge on any atom is 0.251 e. The Kier molecular flexibility index (Phi) is 4.45. The number of halogens is 1. The van der Waals surface area contributed by atoms with E-state index in [1.807, 2.05) is 20.8 Å². The van der Waals surface area contributed by atoms with Crippen LogP contribution in [0.5, 0.6) is 0 Å². The highest BCUT2D eigenvalue weighted by Crippen LogP contribution is 2.25. The average Bonchev–Trinajstić information content (AvgIpc) is 2.71. The van der Waals surface area contributed by atoms with Crippen molar-refractivity contribution in [3.63, 3.8) is 0 Å². The van der Waals surface area contributed by atoms with Crippen molar-refractivity contribution in [1.29, 1.82) is 0 Å². The Labute approximate surface area is 130 Å². The van der Waals surface area contributed by atoms with Crippen molar-refractivity contribution in [2.45, 2.75) is 26.8 Å². The summed E-state index contributed by atoms with van der Waals surface area (Å²) < 4.78 is 0.788. The van der Waals surface area contributed by atoms with E-state index in [0.717, 1.165) is 20.1 Å². The molecule has 0 aliphatic rings. The SMILES string of the molecule is Cc1nc(C)c(C(C)NC(=O)c2ccc(Br)c(N)c2)s1. The standard InChI is InChI=1S/C14H16BrN3OS/c1-7-13(20-9(3)17-7)8(2)18-14(19)10-4-5-11(15)12(16)6-10/h4-6,8H,16H2,1-3H3,(H,18,19). The van der Waals surface area contributed by atoms with Gasteiger partial charge in [0, 0.05) is 20.6 Å². The van der Waals surface area contributed by atoms with Crippen LogP contribution in [0.25, 0.3) is 0 Å². The number of amides is 1. The molecule has 1 unspecified atom stereocenters. The van der Waals surface area contributed by atoms with Crippen LogP contribution in [-0.2, 0) is 0 Å². The summed E-state index contributed by atoms with van der Waals surface area (Å²) in [5.74, 6) is -0.137. The number of rotatable bonds is 3. The second-order valence-electron chi connectivity index (χ2n) is 4.61. The van der Waals surface area contributed by atoms with Crippen LogP contribution in [0, 0.1) is 13.8 Å². The summed E-state index contributed by atoms with van der Waals surface area (Å²) >= 11 is 4.92. The van der Waals surface area contributed by atoms with Crippen LogP contribution in [-0.4, -0.2) is 10.9 Å². The van der Waals surface area contributed by atoms with Gasteiger partial charge in [-0.1, -0.05) is 0 Å². The molecular weight excluding hydrogens is 338 g/mol. The van der Waals surface area contributed by atoms with Crippen molar-refractivity contribution in [2.24, 2.45) is 0 Å². The van der Waals surface area contributed by atoms with Crippen molar-refractivity contribution in [3.05, 3.63) is 43.8 Å². The van der Waals surface area contributed by atoms with Gasteiger partial charge in [0.15, 0.2) is 0 Å². The average molecular weight is 354 g/mol. The molecule has 0 saturated carbocycles. The number of nitrogens with two attached hydrogens (primary N) is 1. The predicted molar refractivity (Wildman–Crippen MR) is 86.0 cm³/mol. The first kappa shape index (κ1) is 15.0. The largest absolute Gasteiger partial charge is 0.398 e. The Hall–Kier alpha value is -1.40. The maximum absolute atomic E-state index is 12.2. The normalized spacial score (nSPS) is 12.2. The molecule has 0 fully saturated rings. The number of aryl methyl sites for hydroxylation is 2. The lowest BCUT2D eigenvalue weighted by molar-refractivity contribution is 0.0940. The van der Waals surface area contributed by atoms with Crippen LogP contribution < -0.4 is 11.1 Å². The maximum atomic E-state index is 12.2. The predicted octanol–water partition coefficient (Wildman–Crippen LogP) is 3.60. The van der Waals surface area contributed by atoms with Crippen LogP contribution in [0.3, 0.4) is 0 Å². The van der Waals surface area contributed by atoms with E-state index in [1.165, 1.54) is 0 Å². The Morgan fingerprint density at radius 2 is 2.15 bits per heavy atom. The highest BCUT2D eigenvalue weighted by atomic mass is 79.9. The van der Waals surface area contributed by atoms with Gasteiger partial charge in [0.1, 0.15) is 0 Å². The number of benzene rings is 1. The Bertz CT molecular complexity index is 654. The molecule has 3 N–H and O–H groups in total. The molecule has 1 heterocycles. The molecule has 2 aromatic rings. The van der Waals surface area contributed by atoms with Crippen molar-refractivity contribution in [1.82, 2.24) is 10.3 Å². The number of nitrogens with one attached hydrogen (secondary N) is 1. The highest BCUT2D eigenvalue weighted by molar-refractivity contribution is 9.10. The minimum absolute atomic E-state index is 0.0708. The summed E-state index contributed by atoms with van der Waals surface area (Å²) in [6, 6.07) is 5.11. The third-order valence-electron chi connectivity index (χ3n) is 2.94. The van der Waals surface area contributed by atoms with Gasteiger partial charge in [-0.05, 0) is 54.9 Å². The number of nitrogens with zero attached hydrogens (tertiary/aromatic N) is 1. The lowest BCUT2D eigenvalue weighted by Gasteiger charge is -2.13. The molecule has 20 heavy (non-hydrogen) atoms. The van der Waals surface area contributed by atoms with Crippen LogP contribution in [0.2, 0.25) is 0 Å². The molecule has 0 bridgehead atoms. The van der Waals surface area contributed by atoms with Gasteiger partial charge in [-0.25, -0.2) is 4.98 Å². The van der Waals surface area contributed by atoms with Gasteiger partial charge in [-0.3, -0.25) is 4.79 Å². The van der Waals surface area contributed by atoms with Gasteiger partial charge < -0.3 is 11.1 Å². The second kappa shape index (κ2) is 5.93. The molecule has 0 aliphatic heterocycles. The summed E-state index contributed by atoms with van der Waals surface area (Å²) in [6.07, 6.45) is 0. The fraction of sp³-hybridized carbons (Fsp3) is 0.286. The number of carbonyl (C=O) groups excluding carboxylic acids is 1. The van der Waals surface area contributed by atoms with Gasteiger partial charge in [-0.15, -0.1) is 11.3 Å². The lowest BCUT2D eigenvalue weighted by atomic mass is 10.1. The number of hydrogen-bond acceptors (Lipinski definition) is 4.